The summed E-state index contributed by atoms with van der Waals surface area (Å²) >= 11 is 0. The van der Waals surface area contributed by atoms with Gasteiger partial charge in [-0.05, 0) is 32.1 Å². The predicted octanol–water partition coefficient (Wildman–Crippen LogP) is 3.12. The number of halogens is 3. The lowest BCUT2D eigenvalue weighted by Crippen LogP contribution is -2.50. The summed E-state index contributed by atoms with van der Waals surface area (Å²) in [6, 6.07) is -0.296. The fraction of sp³-hybridized carbons (Fsp3) is 1.00. The van der Waals surface area contributed by atoms with E-state index in [9.17, 15) is 13.2 Å². The molecule has 0 aromatic heterocycles. The Hall–Kier alpha value is -0.290. The first kappa shape index (κ1) is 14.1. The van der Waals surface area contributed by atoms with Crippen molar-refractivity contribution in [1.29, 1.82) is 0 Å². The van der Waals surface area contributed by atoms with Crippen molar-refractivity contribution >= 4 is 0 Å². The molecular formula is C13H22F3NO. The smallest absolute Gasteiger partial charge is 0.381 e. The lowest BCUT2D eigenvalue weighted by molar-refractivity contribution is -0.189. The summed E-state index contributed by atoms with van der Waals surface area (Å²) in [7, 11) is 0. The molecule has 106 valence electrons. The minimum atomic E-state index is -4.07. The first-order valence-corrected chi connectivity index (χ1v) is 6.89. The second kappa shape index (κ2) is 5.78. The molecule has 0 amide bonds. The predicted molar refractivity (Wildman–Crippen MR) is 63.3 cm³/mol. The van der Waals surface area contributed by atoms with Crippen molar-refractivity contribution < 1.29 is 17.9 Å². The number of alkyl halides is 3. The van der Waals surface area contributed by atoms with Crippen LogP contribution in [0.1, 0.15) is 39.0 Å². The normalized spacial score (nSPS) is 35.7. The van der Waals surface area contributed by atoms with Crippen LogP contribution in [0, 0.1) is 11.8 Å². The Labute approximate surface area is 106 Å². The molecule has 1 aliphatic carbocycles. The molecule has 2 fully saturated rings. The Morgan fingerprint density at radius 2 is 1.89 bits per heavy atom. The molecule has 2 nitrogen and oxygen atoms in total. The van der Waals surface area contributed by atoms with Crippen molar-refractivity contribution in [3.05, 3.63) is 0 Å². The average Bonchev–Trinajstić information content (AvgIpc) is 2.81. The van der Waals surface area contributed by atoms with E-state index in [4.69, 9.17) is 4.74 Å². The summed E-state index contributed by atoms with van der Waals surface area (Å²) in [4.78, 5) is 0. The van der Waals surface area contributed by atoms with Gasteiger partial charge in [0.25, 0.3) is 0 Å². The molecule has 5 heteroatoms. The minimum absolute atomic E-state index is 0.112. The Kier molecular flexibility index (Phi) is 4.54. The maximum atomic E-state index is 13.0. The second-order valence-corrected chi connectivity index (χ2v) is 5.62. The van der Waals surface area contributed by atoms with E-state index >= 15 is 0 Å². The fourth-order valence-electron chi connectivity index (χ4n) is 3.14. The average molecular weight is 265 g/mol. The summed E-state index contributed by atoms with van der Waals surface area (Å²) in [5.74, 6) is -0.808. The van der Waals surface area contributed by atoms with E-state index in [1.165, 1.54) is 0 Å². The number of hydrogen-bond donors (Lipinski definition) is 1. The molecule has 2 aliphatic rings. The molecule has 18 heavy (non-hydrogen) atoms. The zero-order chi connectivity index (χ0) is 13.2. The van der Waals surface area contributed by atoms with Gasteiger partial charge in [-0.2, -0.15) is 13.2 Å². The molecule has 1 heterocycles. The molecule has 1 aliphatic heterocycles. The van der Waals surface area contributed by atoms with Gasteiger partial charge in [-0.1, -0.05) is 12.8 Å². The number of rotatable bonds is 3. The summed E-state index contributed by atoms with van der Waals surface area (Å²) in [6.07, 6.45) is -0.597. The van der Waals surface area contributed by atoms with Gasteiger partial charge in [-0.15, -0.1) is 0 Å². The summed E-state index contributed by atoms with van der Waals surface area (Å²) < 4.78 is 44.2. The molecule has 1 saturated heterocycles. The lowest BCUT2D eigenvalue weighted by atomic mass is 9.83. The Morgan fingerprint density at radius 1 is 1.17 bits per heavy atom. The quantitative estimate of drug-likeness (QED) is 0.846. The molecule has 0 aromatic carbocycles. The maximum Gasteiger partial charge on any atom is 0.393 e. The van der Waals surface area contributed by atoms with Crippen LogP contribution in [0.5, 0.6) is 0 Å². The third-order valence-electron chi connectivity index (χ3n) is 4.34. The van der Waals surface area contributed by atoms with Crippen LogP contribution in [-0.2, 0) is 4.74 Å². The first-order chi connectivity index (χ1) is 8.48. The Morgan fingerprint density at radius 3 is 2.50 bits per heavy atom. The number of nitrogens with one attached hydrogen (secondary N) is 1. The van der Waals surface area contributed by atoms with Crippen LogP contribution in [0.3, 0.4) is 0 Å². The van der Waals surface area contributed by atoms with Crippen molar-refractivity contribution in [3.63, 3.8) is 0 Å². The van der Waals surface area contributed by atoms with Crippen LogP contribution in [-0.4, -0.2) is 31.5 Å². The largest absolute Gasteiger partial charge is 0.393 e. The molecule has 0 spiro atoms. The second-order valence-electron chi connectivity index (χ2n) is 5.62. The summed E-state index contributed by atoms with van der Waals surface area (Å²) in [5, 5.41) is 3.22. The van der Waals surface area contributed by atoms with E-state index < -0.39 is 18.1 Å². The van der Waals surface area contributed by atoms with Crippen molar-refractivity contribution in [2.45, 2.75) is 57.3 Å². The number of ether oxygens (including phenoxy) is 1. The molecule has 0 radical (unpaired) electrons. The summed E-state index contributed by atoms with van der Waals surface area (Å²) in [5.41, 5.74) is 0. The topological polar surface area (TPSA) is 21.3 Å². The molecule has 4 unspecified atom stereocenters. The summed E-state index contributed by atoms with van der Waals surface area (Å²) in [6.45, 7) is 3.41. The monoisotopic (exact) mass is 265 g/mol. The standard InChI is InChI=1S/C13H22F3NO/c1-9(10-6-7-18-8-10)17-12-5-3-2-4-11(12)13(14,15)16/h9-12,17H,2-8H2,1H3. The van der Waals surface area contributed by atoms with E-state index in [1.54, 1.807) is 0 Å². The van der Waals surface area contributed by atoms with Crippen molar-refractivity contribution in [2.75, 3.05) is 13.2 Å². The van der Waals surface area contributed by atoms with Crippen molar-refractivity contribution in [3.8, 4) is 0 Å². The highest BCUT2D eigenvalue weighted by Gasteiger charge is 2.46. The number of hydrogen-bond acceptors (Lipinski definition) is 2. The molecule has 1 N–H and O–H groups in total. The zero-order valence-electron chi connectivity index (χ0n) is 10.8. The van der Waals surface area contributed by atoms with Gasteiger partial charge in [0.15, 0.2) is 0 Å². The van der Waals surface area contributed by atoms with E-state index in [-0.39, 0.29) is 12.5 Å². The SMILES string of the molecule is CC(NC1CCCCC1C(F)(F)F)C1CCOC1. The van der Waals surface area contributed by atoms with Gasteiger partial charge in [0.05, 0.1) is 12.5 Å². The van der Waals surface area contributed by atoms with Crippen LogP contribution in [0.25, 0.3) is 0 Å². The van der Waals surface area contributed by atoms with E-state index in [2.05, 4.69) is 5.32 Å². The lowest BCUT2D eigenvalue weighted by Gasteiger charge is -2.36. The van der Waals surface area contributed by atoms with Gasteiger partial charge in [0.2, 0.25) is 0 Å². The fourth-order valence-corrected chi connectivity index (χ4v) is 3.14. The highest BCUT2D eigenvalue weighted by molar-refractivity contribution is 4.88. The van der Waals surface area contributed by atoms with Crippen molar-refractivity contribution in [1.82, 2.24) is 5.32 Å². The van der Waals surface area contributed by atoms with Gasteiger partial charge < -0.3 is 10.1 Å². The van der Waals surface area contributed by atoms with Crippen LogP contribution in [0.2, 0.25) is 0 Å². The molecule has 2 rings (SSSR count). The van der Waals surface area contributed by atoms with Gasteiger partial charge in [-0.25, -0.2) is 0 Å². The molecule has 0 aromatic rings. The van der Waals surface area contributed by atoms with Crippen LogP contribution in [0.4, 0.5) is 13.2 Å². The van der Waals surface area contributed by atoms with Crippen LogP contribution >= 0.6 is 0 Å². The van der Waals surface area contributed by atoms with E-state index in [0.717, 1.165) is 19.4 Å². The molecule has 1 saturated carbocycles. The van der Waals surface area contributed by atoms with Gasteiger partial charge in [-0.3, -0.25) is 0 Å². The molecule has 4 atom stereocenters. The Balaban J connectivity index is 1.92. The van der Waals surface area contributed by atoms with Crippen molar-refractivity contribution in [2.24, 2.45) is 11.8 Å². The van der Waals surface area contributed by atoms with E-state index in [0.29, 0.717) is 25.4 Å². The highest BCUT2D eigenvalue weighted by Crippen LogP contribution is 2.38. The Bertz CT molecular complexity index is 263. The molecular weight excluding hydrogens is 243 g/mol. The van der Waals surface area contributed by atoms with Gasteiger partial charge in [0, 0.05) is 18.7 Å². The first-order valence-electron chi connectivity index (χ1n) is 6.89. The maximum absolute atomic E-state index is 13.0. The minimum Gasteiger partial charge on any atom is -0.381 e. The molecule has 0 bridgehead atoms. The third-order valence-corrected chi connectivity index (χ3v) is 4.34. The van der Waals surface area contributed by atoms with Gasteiger partial charge in [0.1, 0.15) is 0 Å². The van der Waals surface area contributed by atoms with E-state index in [1.807, 2.05) is 6.92 Å². The highest BCUT2D eigenvalue weighted by atomic mass is 19.4. The van der Waals surface area contributed by atoms with Gasteiger partial charge >= 0.3 is 6.18 Å². The van der Waals surface area contributed by atoms with Crippen LogP contribution in [0.15, 0.2) is 0 Å². The van der Waals surface area contributed by atoms with Crippen LogP contribution < -0.4 is 5.32 Å². The zero-order valence-corrected chi connectivity index (χ0v) is 10.8. The third kappa shape index (κ3) is 3.38.